The van der Waals surface area contributed by atoms with E-state index in [2.05, 4.69) is 5.32 Å². The number of rotatable bonds is 2. The molecule has 1 fully saturated rings. The Morgan fingerprint density at radius 2 is 2.23 bits per heavy atom. The van der Waals surface area contributed by atoms with Gasteiger partial charge in [0.2, 0.25) is 5.91 Å². The van der Waals surface area contributed by atoms with Gasteiger partial charge in [0.25, 0.3) is 0 Å². The molecule has 0 bridgehead atoms. The third kappa shape index (κ3) is 3.33. The van der Waals surface area contributed by atoms with Gasteiger partial charge in [0.1, 0.15) is 5.78 Å². The monoisotopic (exact) mass is 184 g/mol. The van der Waals surface area contributed by atoms with Crippen LogP contribution in [0.15, 0.2) is 0 Å². The first-order valence-electron chi connectivity index (χ1n) is 4.08. The minimum Gasteiger partial charge on any atom is -0.343 e. The van der Waals surface area contributed by atoms with E-state index < -0.39 is 0 Å². The van der Waals surface area contributed by atoms with E-state index in [1.165, 1.54) is 6.92 Å². The van der Waals surface area contributed by atoms with Crippen molar-refractivity contribution in [3.63, 3.8) is 0 Å². The molecule has 1 aliphatic rings. The van der Waals surface area contributed by atoms with Crippen molar-refractivity contribution >= 4 is 17.5 Å². The highest BCUT2D eigenvalue weighted by atomic mass is 16.2. The van der Waals surface area contributed by atoms with E-state index in [4.69, 9.17) is 0 Å². The number of hydrogen-bond donors (Lipinski definition) is 1. The van der Waals surface area contributed by atoms with Gasteiger partial charge in [-0.2, -0.15) is 0 Å². The van der Waals surface area contributed by atoms with Crippen LogP contribution in [0.2, 0.25) is 0 Å². The standard InChI is InChI=1S/C8H12N2O3/c1-6(11)3-10-4-7(12)2-8(13)9-5-10/h2-5H2,1H3,(H,9,13). The van der Waals surface area contributed by atoms with Gasteiger partial charge in [-0.05, 0) is 6.92 Å². The van der Waals surface area contributed by atoms with E-state index in [-0.39, 0.29) is 43.7 Å². The molecular weight excluding hydrogens is 172 g/mol. The Kier molecular flexibility index (Phi) is 3.13. The molecule has 72 valence electrons. The van der Waals surface area contributed by atoms with Crippen LogP contribution in [0.5, 0.6) is 0 Å². The maximum absolute atomic E-state index is 11.1. The van der Waals surface area contributed by atoms with Crippen molar-refractivity contribution in [3.8, 4) is 0 Å². The molecule has 1 N–H and O–H groups in total. The minimum absolute atomic E-state index is 0.0102. The van der Waals surface area contributed by atoms with Crippen LogP contribution in [0.3, 0.4) is 0 Å². The van der Waals surface area contributed by atoms with Gasteiger partial charge in [-0.15, -0.1) is 0 Å². The normalized spacial score (nSPS) is 19.5. The molecule has 1 amide bonds. The van der Waals surface area contributed by atoms with Crippen molar-refractivity contribution in [3.05, 3.63) is 0 Å². The van der Waals surface area contributed by atoms with E-state index in [1.54, 1.807) is 4.90 Å². The zero-order valence-electron chi connectivity index (χ0n) is 7.50. The van der Waals surface area contributed by atoms with E-state index in [0.717, 1.165) is 0 Å². The first-order valence-corrected chi connectivity index (χ1v) is 4.08. The predicted octanol–water partition coefficient (Wildman–Crippen LogP) is -1.08. The van der Waals surface area contributed by atoms with Gasteiger partial charge < -0.3 is 5.32 Å². The van der Waals surface area contributed by atoms with E-state index in [9.17, 15) is 14.4 Å². The lowest BCUT2D eigenvalue weighted by Crippen LogP contribution is -2.37. The Labute approximate surface area is 76.1 Å². The fourth-order valence-corrected chi connectivity index (χ4v) is 1.23. The second-order valence-electron chi connectivity index (χ2n) is 3.16. The zero-order valence-corrected chi connectivity index (χ0v) is 7.50. The summed E-state index contributed by atoms with van der Waals surface area (Å²) in [5.41, 5.74) is 0. The maximum atomic E-state index is 11.1. The summed E-state index contributed by atoms with van der Waals surface area (Å²) in [6, 6.07) is 0. The molecule has 0 atom stereocenters. The van der Waals surface area contributed by atoms with Gasteiger partial charge in [0.15, 0.2) is 5.78 Å². The van der Waals surface area contributed by atoms with Gasteiger partial charge in [0, 0.05) is 0 Å². The van der Waals surface area contributed by atoms with Gasteiger partial charge >= 0.3 is 0 Å². The number of amides is 1. The van der Waals surface area contributed by atoms with Crippen molar-refractivity contribution in [1.29, 1.82) is 0 Å². The largest absolute Gasteiger partial charge is 0.343 e. The van der Waals surface area contributed by atoms with Crippen molar-refractivity contribution in [1.82, 2.24) is 10.2 Å². The number of nitrogens with one attached hydrogen (secondary N) is 1. The van der Waals surface area contributed by atoms with Crippen LogP contribution < -0.4 is 5.32 Å². The van der Waals surface area contributed by atoms with E-state index >= 15 is 0 Å². The van der Waals surface area contributed by atoms with Crippen LogP contribution in [0.1, 0.15) is 13.3 Å². The highest BCUT2D eigenvalue weighted by molar-refractivity contribution is 5.99. The maximum Gasteiger partial charge on any atom is 0.228 e. The number of Topliss-reactive ketones (excluding diaryl/α,β-unsaturated/α-hetero) is 2. The molecule has 5 nitrogen and oxygen atoms in total. The fourth-order valence-electron chi connectivity index (χ4n) is 1.23. The van der Waals surface area contributed by atoms with Crippen LogP contribution in [0.4, 0.5) is 0 Å². The highest BCUT2D eigenvalue weighted by Crippen LogP contribution is 1.96. The van der Waals surface area contributed by atoms with Gasteiger partial charge in [-0.1, -0.05) is 0 Å². The molecule has 0 unspecified atom stereocenters. The second-order valence-corrected chi connectivity index (χ2v) is 3.16. The van der Waals surface area contributed by atoms with Crippen LogP contribution in [0, 0.1) is 0 Å². The first-order chi connectivity index (χ1) is 6.08. The van der Waals surface area contributed by atoms with Crippen molar-refractivity contribution < 1.29 is 14.4 Å². The summed E-state index contributed by atoms with van der Waals surface area (Å²) >= 11 is 0. The summed E-state index contributed by atoms with van der Waals surface area (Å²) in [4.78, 5) is 34.3. The van der Waals surface area contributed by atoms with Crippen LogP contribution in [-0.2, 0) is 14.4 Å². The molecule has 0 aromatic rings. The lowest BCUT2D eigenvalue weighted by molar-refractivity contribution is -0.126. The summed E-state index contributed by atoms with van der Waals surface area (Å²) in [5, 5.41) is 2.54. The Hall–Kier alpha value is -1.23. The third-order valence-electron chi connectivity index (χ3n) is 1.70. The molecule has 0 spiro atoms. The Morgan fingerprint density at radius 3 is 2.85 bits per heavy atom. The van der Waals surface area contributed by atoms with Crippen LogP contribution in [-0.4, -0.2) is 42.1 Å². The fraction of sp³-hybridized carbons (Fsp3) is 0.625. The minimum atomic E-state index is -0.268. The smallest absolute Gasteiger partial charge is 0.228 e. The molecule has 1 rings (SSSR count). The molecule has 5 heteroatoms. The first kappa shape index (κ1) is 9.85. The Morgan fingerprint density at radius 1 is 1.54 bits per heavy atom. The predicted molar refractivity (Wildman–Crippen MR) is 44.9 cm³/mol. The summed E-state index contributed by atoms with van der Waals surface area (Å²) in [7, 11) is 0. The average Bonchev–Trinajstić information content (AvgIpc) is 2.11. The molecule has 1 aliphatic heterocycles. The third-order valence-corrected chi connectivity index (χ3v) is 1.70. The summed E-state index contributed by atoms with van der Waals surface area (Å²) in [6.07, 6.45) is -0.0750. The number of ketones is 2. The quantitative estimate of drug-likeness (QED) is 0.554. The molecular formula is C8H12N2O3. The molecule has 0 aromatic carbocycles. The summed E-state index contributed by atoms with van der Waals surface area (Å²) < 4.78 is 0. The lowest BCUT2D eigenvalue weighted by atomic mass is 10.2. The summed E-state index contributed by atoms with van der Waals surface area (Å²) in [6.45, 7) is 2.13. The van der Waals surface area contributed by atoms with Crippen molar-refractivity contribution in [2.75, 3.05) is 19.8 Å². The number of hydrogen-bond acceptors (Lipinski definition) is 4. The molecule has 13 heavy (non-hydrogen) atoms. The molecule has 0 radical (unpaired) electrons. The van der Waals surface area contributed by atoms with Gasteiger partial charge in [0.05, 0.1) is 26.2 Å². The average molecular weight is 184 g/mol. The molecule has 0 aromatic heterocycles. The van der Waals surface area contributed by atoms with E-state index in [0.29, 0.717) is 0 Å². The second kappa shape index (κ2) is 4.13. The number of carbonyl (C=O) groups is 3. The van der Waals surface area contributed by atoms with E-state index in [1.807, 2.05) is 0 Å². The Balaban J connectivity index is 2.52. The van der Waals surface area contributed by atoms with Crippen LogP contribution in [0.25, 0.3) is 0 Å². The number of carbonyl (C=O) groups excluding carboxylic acids is 3. The van der Waals surface area contributed by atoms with Gasteiger partial charge in [-0.25, -0.2) is 0 Å². The van der Waals surface area contributed by atoms with Crippen LogP contribution >= 0.6 is 0 Å². The van der Waals surface area contributed by atoms with Crippen molar-refractivity contribution in [2.24, 2.45) is 0 Å². The van der Waals surface area contributed by atoms with Crippen molar-refractivity contribution in [2.45, 2.75) is 13.3 Å². The molecule has 0 aliphatic carbocycles. The van der Waals surface area contributed by atoms with Gasteiger partial charge in [-0.3, -0.25) is 19.3 Å². The number of nitrogens with zero attached hydrogens (tertiary/aromatic N) is 1. The lowest BCUT2D eigenvalue weighted by Gasteiger charge is -2.16. The summed E-state index contributed by atoms with van der Waals surface area (Å²) in [5.74, 6) is -0.420. The molecule has 1 heterocycles. The zero-order chi connectivity index (χ0) is 9.84. The molecule has 0 saturated carbocycles. The topological polar surface area (TPSA) is 66.5 Å². The highest BCUT2D eigenvalue weighted by Gasteiger charge is 2.19. The SMILES string of the molecule is CC(=O)CN1CNC(=O)CC(=O)C1. The Bertz CT molecular complexity index is 250. The molecule has 1 saturated heterocycles.